The van der Waals surface area contributed by atoms with Crippen LogP contribution in [0.4, 0.5) is 19.0 Å². The molecule has 10 heteroatoms. The summed E-state index contributed by atoms with van der Waals surface area (Å²) in [4.78, 5) is 23.8. The number of alkyl halides is 3. The molecule has 0 aliphatic rings. The number of hydrogen-bond acceptors (Lipinski definition) is 5. The van der Waals surface area contributed by atoms with Crippen molar-refractivity contribution < 1.29 is 22.8 Å². The lowest BCUT2D eigenvalue weighted by atomic mass is 10.1. The summed E-state index contributed by atoms with van der Waals surface area (Å²) in [5.74, 6) is -2.24. The molecule has 29 heavy (non-hydrogen) atoms. The number of carbonyl (C=O) groups is 2. The number of aromatic nitrogens is 1. The second-order valence-corrected chi connectivity index (χ2v) is 6.87. The second kappa shape index (κ2) is 8.91. The van der Waals surface area contributed by atoms with Crippen LogP contribution in [0.5, 0.6) is 0 Å². The van der Waals surface area contributed by atoms with Gasteiger partial charge in [0.25, 0.3) is 0 Å². The highest BCUT2D eigenvalue weighted by molar-refractivity contribution is 7.13. The summed E-state index contributed by atoms with van der Waals surface area (Å²) in [5, 5.41) is 8.32. The second-order valence-electron chi connectivity index (χ2n) is 6.06. The molecule has 3 rings (SSSR count). The lowest BCUT2D eigenvalue weighted by Crippen LogP contribution is -2.46. The van der Waals surface area contributed by atoms with Gasteiger partial charge in [-0.15, -0.1) is 0 Å². The Kier molecular flexibility index (Phi) is 6.32. The largest absolute Gasteiger partial charge is 0.471 e. The first-order valence-electron chi connectivity index (χ1n) is 8.65. The topological polar surface area (TPSA) is 83.1 Å². The molecule has 3 aromatic rings. The van der Waals surface area contributed by atoms with Crippen molar-refractivity contribution >= 4 is 39.3 Å². The normalized spacial score (nSPS) is 12.4. The number of amides is 2. The van der Waals surface area contributed by atoms with E-state index in [-0.39, 0.29) is 12.1 Å². The maximum atomic E-state index is 12.6. The number of benzene rings is 2. The van der Waals surface area contributed by atoms with Gasteiger partial charge in [-0.25, -0.2) is 0 Å². The SMILES string of the molecule is O=C(NCCNc1nsc2ccccc12)[C@@H](NC(=O)C(F)(F)F)c1ccccc1. The molecular formula is C19H17F3N4O2S. The van der Waals surface area contributed by atoms with Gasteiger partial charge in [0.15, 0.2) is 0 Å². The lowest BCUT2D eigenvalue weighted by Gasteiger charge is -2.19. The van der Waals surface area contributed by atoms with Crippen molar-refractivity contribution in [1.82, 2.24) is 15.0 Å². The number of nitrogens with zero attached hydrogens (tertiary/aromatic N) is 1. The molecular weight excluding hydrogens is 405 g/mol. The molecule has 0 bridgehead atoms. The fraction of sp³-hybridized carbons (Fsp3) is 0.211. The number of fused-ring (bicyclic) bond motifs is 1. The number of hydrogen-bond donors (Lipinski definition) is 3. The molecule has 1 atom stereocenters. The molecule has 0 unspecified atom stereocenters. The van der Waals surface area contributed by atoms with E-state index >= 15 is 0 Å². The summed E-state index contributed by atoms with van der Waals surface area (Å²) in [7, 11) is 0. The van der Waals surface area contributed by atoms with Gasteiger partial charge in [0, 0.05) is 18.5 Å². The summed E-state index contributed by atoms with van der Waals surface area (Å²) in [6.07, 6.45) is -5.08. The first kappa shape index (κ1) is 20.6. The predicted octanol–water partition coefficient (Wildman–Crippen LogP) is 3.24. The van der Waals surface area contributed by atoms with Crippen LogP contribution in [0, 0.1) is 0 Å². The van der Waals surface area contributed by atoms with Crippen molar-refractivity contribution in [2.75, 3.05) is 18.4 Å². The Bertz CT molecular complexity index is 992. The fourth-order valence-corrected chi connectivity index (χ4v) is 3.40. The zero-order valence-electron chi connectivity index (χ0n) is 15.0. The molecule has 2 aromatic carbocycles. The Morgan fingerprint density at radius 2 is 1.69 bits per heavy atom. The Hall–Kier alpha value is -3.14. The minimum atomic E-state index is -5.08. The van der Waals surface area contributed by atoms with Crippen LogP contribution >= 0.6 is 11.5 Å². The molecule has 1 heterocycles. The average Bonchev–Trinajstić information content (AvgIpc) is 3.12. The molecule has 0 saturated heterocycles. The van der Waals surface area contributed by atoms with Gasteiger partial charge in [0.05, 0.1) is 4.70 Å². The van der Waals surface area contributed by atoms with Gasteiger partial charge in [0.2, 0.25) is 5.91 Å². The third-order valence-corrected chi connectivity index (χ3v) is 4.85. The van der Waals surface area contributed by atoms with E-state index in [1.807, 2.05) is 24.3 Å². The third kappa shape index (κ3) is 5.23. The van der Waals surface area contributed by atoms with Crippen molar-refractivity contribution in [2.45, 2.75) is 12.2 Å². The molecule has 3 N–H and O–H groups in total. The zero-order valence-corrected chi connectivity index (χ0v) is 15.8. The van der Waals surface area contributed by atoms with Crippen molar-refractivity contribution in [2.24, 2.45) is 0 Å². The van der Waals surface area contributed by atoms with E-state index in [1.165, 1.54) is 23.7 Å². The molecule has 0 aliphatic carbocycles. The van der Waals surface area contributed by atoms with Crippen molar-refractivity contribution in [3.8, 4) is 0 Å². The summed E-state index contributed by atoms with van der Waals surface area (Å²) >= 11 is 1.34. The van der Waals surface area contributed by atoms with Gasteiger partial charge in [0.1, 0.15) is 11.9 Å². The maximum Gasteiger partial charge on any atom is 0.471 e. The van der Waals surface area contributed by atoms with Crippen molar-refractivity contribution in [1.29, 1.82) is 0 Å². The molecule has 6 nitrogen and oxygen atoms in total. The van der Waals surface area contributed by atoms with Crippen LogP contribution in [0.25, 0.3) is 10.1 Å². The van der Waals surface area contributed by atoms with E-state index in [4.69, 9.17) is 0 Å². The number of nitrogens with one attached hydrogen (secondary N) is 3. The molecule has 1 aromatic heterocycles. The highest BCUT2D eigenvalue weighted by atomic mass is 32.1. The highest BCUT2D eigenvalue weighted by Crippen LogP contribution is 2.25. The molecule has 2 amide bonds. The minimum Gasteiger partial charge on any atom is -0.367 e. The number of halogens is 3. The van der Waals surface area contributed by atoms with Crippen LogP contribution in [0.15, 0.2) is 54.6 Å². The Labute approximate surface area is 168 Å². The van der Waals surface area contributed by atoms with Crippen molar-refractivity contribution in [3.63, 3.8) is 0 Å². The Balaban J connectivity index is 1.60. The Morgan fingerprint density at radius 3 is 2.41 bits per heavy atom. The molecule has 0 aliphatic heterocycles. The van der Waals surface area contributed by atoms with Crippen LogP contribution in [-0.2, 0) is 9.59 Å². The van der Waals surface area contributed by atoms with E-state index in [2.05, 4.69) is 15.0 Å². The number of rotatable bonds is 7. The summed E-state index contributed by atoms with van der Waals surface area (Å²) in [6, 6.07) is 13.9. The smallest absolute Gasteiger partial charge is 0.367 e. The summed E-state index contributed by atoms with van der Waals surface area (Å²) in [5.41, 5.74) is 0.251. The quantitative estimate of drug-likeness (QED) is 0.511. The van der Waals surface area contributed by atoms with Crippen LogP contribution < -0.4 is 16.0 Å². The van der Waals surface area contributed by atoms with E-state index < -0.39 is 24.0 Å². The van der Waals surface area contributed by atoms with E-state index in [1.54, 1.807) is 23.5 Å². The maximum absolute atomic E-state index is 12.6. The fourth-order valence-electron chi connectivity index (χ4n) is 2.64. The summed E-state index contributed by atoms with van der Waals surface area (Å²) in [6.45, 7) is 0.449. The van der Waals surface area contributed by atoms with Gasteiger partial charge < -0.3 is 16.0 Å². The average molecular weight is 422 g/mol. The van der Waals surface area contributed by atoms with E-state index in [9.17, 15) is 22.8 Å². The molecule has 0 radical (unpaired) electrons. The van der Waals surface area contributed by atoms with Crippen LogP contribution in [0.2, 0.25) is 0 Å². The molecule has 152 valence electrons. The van der Waals surface area contributed by atoms with Gasteiger partial charge in [-0.05, 0) is 29.2 Å². The Morgan fingerprint density at radius 1 is 1.00 bits per heavy atom. The van der Waals surface area contributed by atoms with Gasteiger partial charge >= 0.3 is 12.1 Å². The lowest BCUT2D eigenvalue weighted by molar-refractivity contribution is -0.174. The number of anilines is 1. The van der Waals surface area contributed by atoms with Crippen molar-refractivity contribution in [3.05, 3.63) is 60.2 Å². The summed E-state index contributed by atoms with van der Waals surface area (Å²) < 4.78 is 43.2. The zero-order chi connectivity index (χ0) is 20.9. The molecule has 0 spiro atoms. The first-order chi connectivity index (χ1) is 13.9. The first-order valence-corrected chi connectivity index (χ1v) is 9.42. The minimum absolute atomic E-state index is 0.135. The highest BCUT2D eigenvalue weighted by Gasteiger charge is 2.41. The van der Waals surface area contributed by atoms with E-state index in [0.717, 1.165) is 10.1 Å². The standard InChI is InChI=1S/C19H17F3N4O2S/c20-19(21,22)18(28)25-15(12-6-2-1-3-7-12)17(27)24-11-10-23-16-13-8-4-5-9-14(13)29-26-16/h1-9,15H,10-11H2,(H,23,26)(H,24,27)(H,25,28)/t15-/m0/s1. The van der Waals surface area contributed by atoms with Crippen LogP contribution in [-0.4, -0.2) is 35.5 Å². The van der Waals surface area contributed by atoms with Gasteiger partial charge in [-0.2, -0.15) is 17.5 Å². The van der Waals surface area contributed by atoms with Gasteiger partial charge in [-0.1, -0.05) is 42.5 Å². The molecule has 0 fully saturated rings. The van der Waals surface area contributed by atoms with Crippen LogP contribution in [0.3, 0.4) is 0 Å². The monoisotopic (exact) mass is 422 g/mol. The number of carbonyl (C=O) groups excluding carboxylic acids is 2. The van der Waals surface area contributed by atoms with Crippen LogP contribution in [0.1, 0.15) is 11.6 Å². The van der Waals surface area contributed by atoms with E-state index in [0.29, 0.717) is 12.4 Å². The van der Waals surface area contributed by atoms with Gasteiger partial charge in [-0.3, -0.25) is 9.59 Å². The third-order valence-electron chi connectivity index (χ3n) is 4.02. The molecule has 0 saturated carbocycles. The predicted molar refractivity (Wildman–Crippen MR) is 105 cm³/mol.